The minimum Gasteiger partial charge on any atom is -0.408 e. The number of amides is 1. The number of carbonyl (C=O) groups is 1. The van der Waals surface area contributed by atoms with E-state index in [0.29, 0.717) is 31.8 Å². The van der Waals surface area contributed by atoms with Crippen molar-refractivity contribution in [1.82, 2.24) is 14.6 Å². The van der Waals surface area contributed by atoms with Crippen molar-refractivity contribution < 1.29 is 22.4 Å². The molecule has 0 spiro atoms. The lowest BCUT2D eigenvalue weighted by molar-refractivity contribution is -0.138. The van der Waals surface area contributed by atoms with Gasteiger partial charge in [0.15, 0.2) is 5.58 Å². The Hall–Kier alpha value is -2.17. The summed E-state index contributed by atoms with van der Waals surface area (Å²) in [4.78, 5) is 28.0. The molecule has 10 heteroatoms. The summed E-state index contributed by atoms with van der Waals surface area (Å²) in [5.41, 5.74) is 0.539. The number of benzene rings is 1. The number of carbonyl (C=O) groups excluding carboxylic acids is 1. The van der Waals surface area contributed by atoms with Gasteiger partial charge in [0.05, 0.1) is 23.6 Å². The molecule has 1 aromatic heterocycles. The summed E-state index contributed by atoms with van der Waals surface area (Å²) in [5.74, 6) is -1.18. The number of oxazole rings is 1. The fourth-order valence-electron chi connectivity index (χ4n) is 2.78. The summed E-state index contributed by atoms with van der Waals surface area (Å²) in [6.45, 7) is 5.30. The molecular weight excluding hydrogens is 362 g/mol. The third-order valence-electron chi connectivity index (χ3n) is 4.24. The van der Waals surface area contributed by atoms with Crippen LogP contribution in [0.1, 0.15) is 13.8 Å². The van der Waals surface area contributed by atoms with Crippen molar-refractivity contribution >= 4 is 27.0 Å². The van der Waals surface area contributed by atoms with E-state index < -0.39 is 21.8 Å². The number of nitrogens with one attached hydrogen (secondary N) is 2. The first-order valence-electron chi connectivity index (χ1n) is 8.29. The molecule has 9 nitrogen and oxygen atoms in total. The lowest BCUT2D eigenvalue weighted by atomic mass is 10.0. The first-order valence-corrected chi connectivity index (χ1v) is 9.78. The van der Waals surface area contributed by atoms with E-state index in [-0.39, 0.29) is 22.3 Å². The molecule has 3 rings (SSSR count). The molecule has 26 heavy (non-hydrogen) atoms. The summed E-state index contributed by atoms with van der Waals surface area (Å²) in [6.07, 6.45) is 0. The summed E-state index contributed by atoms with van der Waals surface area (Å²) in [7, 11) is -3.98. The lowest BCUT2D eigenvalue weighted by Crippen LogP contribution is -2.53. The van der Waals surface area contributed by atoms with Gasteiger partial charge >= 0.3 is 5.76 Å². The van der Waals surface area contributed by atoms with Gasteiger partial charge in [-0.15, -0.1) is 0 Å². The highest BCUT2D eigenvalue weighted by Crippen LogP contribution is 2.18. The Morgan fingerprint density at radius 3 is 2.62 bits per heavy atom. The van der Waals surface area contributed by atoms with Gasteiger partial charge in [0.1, 0.15) is 6.04 Å². The van der Waals surface area contributed by atoms with Crippen molar-refractivity contribution in [2.75, 3.05) is 26.3 Å². The second-order valence-electron chi connectivity index (χ2n) is 6.45. The molecule has 1 fully saturated rings. The molecule has 2 aromatic rings. The van der Waals surface area contributed by atoms with Gasteiger partial charge in [0.25, 0.3) is 0 Å². The standard InChI is InChI=1S/C16H21N3O6S/c1-10(2)14(15(20)19-5-7-24-8-6-19)18-26(22,23)11-3-4-12-13(9-11)25-16(21)17-12/h3-4,9-10,14,18H,5-8H2,1-2H3,(H,17,21)/t14-/m1/s1. The van der Waals surface area contributed by atoms with E-state index in [4.69, 9.17) is 9.15 Å². The molecule has 0 radical (unpaired) electrons. The third kappa shape index (κ3) is 3.81. The van der Waals surface area contributed by atoms with Crippen LogP contribution in [0.2, 0.25) is 0 Å². The van der Waals surface area contributed by atoms with Crippen molar-refractivity contribution in [1.29, 1.82) is 0 Å². The van der Waals surface area contributed by atoms with Crippen LogP contribution in [0.3, 0.4) is 0 Å². The van der Waals surface area contributed by atoms with Crippen molar-refractivity contribution in [2.45, 2.75) is 24.8 Å². The number of ether oxygens (including phenoxy) is 1. The Kier molecular flexibility index (Phi) is 5.17. The molecule has 1 amide bonds. The average molecular weight is 383 g/mol. The molecule has 0 bridgehead atoms. The van der Waals surface area contributed by atoms with Gasteiger partial charge < -0.3 is 14.1 Å². The molecule has 2 heterocycles. The lowest BCUT2D eigenvalue weighted by Gasteiger charge is -2.32. The van der Waals surface area contributed by atoms with Gasteiger partial charge in [-0.25, -0.2) is 13.2 Å². The number of hydrogen-bond acceptors (Lipinski definition) is 6. The number of H-pyrrole nitrogens is 1. The van der Waals surface area contributed by atoms with E-state index in [2.05, 4.69) is 9.71 Å². The number of aromatic amines is 1. The zero-order chi connectivity index (χ0) is 18.9. The Bertz CT molecular complexity index is 956. The molecule has 2 N–H and O–H groups in total. The summed E-state index contributed by atoms with van der Waals surface area (Å²) in [5, 5.41) is 0. The summed E-state index contributed by atoms with van der Waals surface area (Å²) < 4.78 is 38.1. The first-order chi connectivity index (χ1) is 12.3. The van der Waals surface area contributed by atoms with Gasteiger partial charge in [0, 0.05) is 19.2 Å². The molecule has 1 aliphatic heterocycles. The normalized spacial score (nSPS) is 17.0. The van der Waals surface area contributed by atoms with Crippen LogP contribution in [0.15, 0.2) is 32.3 Å². The fourth-order valence-corrected chi connectivity index (χ4v) is 4.13. The number of hydrogen-bond donors (Lipinski definition) is 2. The molecule has 1 atom stereocenters. The largest absolute Gasteiger partial charge is 0.417 e. The number of nitrogens with zero attached hydrogens (tertiary/aromatic N) is 1. The molecular formula is C16H21N3O6S. The van der Waals surface area contributed by atoms with E-state index in [1.54, 1.807) is 18.7 Å². The van der Waals surface area contributed by atoms with Crippen molar-refractivity contribution in [3.8, 4) is 0 Å². The van der Waals surface area contributed by atoms with Crippen LogP contribution in [0.25, 0.3) is 11.1 Å². The summed E-state index contributed by atoms with van der Waals surface area (Å²) in [6, 6.07) is 3.16. The van der Waals surface area contributed by atoms with E-state index in [9.17, 15) is 18.0 Å². The maximum absolute atomic E-state index is 12.7. The molecule has 0 aliphatic carbocycles. The highest BCUT2D eigenvalue weighted by molar-refractivity contribution is 7.89. The smallest absolute Gasteiger partial charge is 0.408 e. The molecule has 1 aliphatic rings. The zero-order valence-electron chi connectivity index (χ0n) is 14.5. The Labute approximate surface area is 150 Å². The Morgan fingerprint density at radius 1 is 1.27 bits per heavy atom. The van der Waals surface area contributed by atoms with Crippen molar-refractivity contribution in [3.05, 3.63) is 28.7 Å². The predicted molar refractivity (Wildman–Crippen MR) is 93.2 cm³/mol. The second kappa shape index (κ2) is 7.22. The van der Waals surface area contributed by atoms with Crippen LogP contribution in [0.4, 0.5) is 0 Å². The number of sulfonamides is 1. The van der Waals surface area contributed by atoms with Crippen LogP contribution in [0.5, 0.6) is 0 Å². The minimum atomic E-state index is -3.98. The monoisotopic (exact) mass is 383 g/mol. The van der Waals surface area contributed by atoms with Gasteiger partial charge in [-0.1, -0.05) is 13.8 Å². The average Bonchev–Trinajstić information content (AvgIpc) is 2.99. The Morgan fingerprint density at radius 2 is 1.96 bits per heavy atom. The van der Waals surface area contributed by atoms with Gasteiger partial charge in [-0.05, 0) is 18.1 Å². The van der Waals surface area contributed by atoms with Crippen LogP contribution < -0.4 is 10.5 Å². The van der Waals surface area contributed by atoms with Gasteiger partial charge in [-0.2, -0.15) is 4.72 Å². The number of morpholine rings is 1. The minimum absolute atomic E-state index is 0.0758. The topological polar surface area (TPSA) is 122 Å². The van der Waals surface area contributed by atoms with Crippen LogP contribution in [-0.4, -0.2) is 56.6 Å². The zero-order valence-corrected chi connectivity index (χ0v) is 15.3. The van der Waals surface area contributed by atoms with Gasteiger partial charge in [0.2, 0.25) is 15.9 Å². The first kappa shape index (κ1) is 18.6. The highest BCUT2D eigenvalue weighted by atomic mass is 32.2. The number of rotatable bonds is 5. The second-order valence-corrected chi connectivity index (χ2v) is 8.17. The molecule has 1 saturated heterocycles. The SMILES string of the molecule is CC(C)[C@@H](NS(=O)(=O)c1ccc2[nH]c(=O)oc2c1)C(=O)N1CCOCC1. The van der Waals surface area contributed by atoms with Crippen molar-refractivity contribution in [3.63, 3.8) is 0 Å². The summed E-state index contributed by atoms with van der Waals surface area (Å²) >= 11 is 0. The van der Waals surface area contributed by atoms with Crippen LogP contribution in [0, 0.1) is 5.92 Å². The predicted octanol–water partition coefficient (Wildman–Crippen LogP) is 0.283. The van der Waals surface area contributed by atoms with Gasteiger partial charge in [-0.3, -0.25) is 9.78 Å². The van der Waals surface area contributed by atoms with Crippen LogP contribution in [-0.2, 0) is 19.6 Å². The quantitative estimate of drug-likeness (QED) is 0.765. The molecule has 142 valence electrons. The maximum Gasteiger partial charge on any atom is 0.417 e. The fraction of sp³-hybridized carbons (Fsp3) is 0.500. The van der Waals surface area contributed by atoms with E-state index in [1.807, 2.05) is 0 Å². The number of fused-ring (bicyclic) bond motifs is 1. The van der Waals surface area contributed by atoms with E-state index in [1.165, 1.54) is 18.2 Å². The van der Waals surface area contributed by atoms with E-state index in [0.717, 1.165) is 0 Å². The highest BCUT2D eigenvalue weighted by Gasteiger charge is 2.32. The molecule has 0 unspecified atom stereocenters. The Balaban J connectivity index is 1.86. The molecule has 0 saturated carbocycles. The van der Waals surface area contributed by atoms with Crippen molar-refractivity contribution in [2.24, 2.45) is 5.92 Å². The third-order valence-corrected chi connectivity index (χ3v) is 5.68. The van der Waals surface area contributed by atoms with Crippen LogP contribution >= 0.6 is 0 Å². The van der Waals surface area contributed by atoms with E-state index >= 15 is 0 Å². The number of aromatic nitrogens is 1. The maximum atomic E-state index is 12.7. The molecule has 1 aromatic carbocycles.